The molecule has 4 aromatic heterocycles. The highest BCUT2D eigenvalue weighted by Crippen LogP contribution is 2.65. The van der Waals surface area contributed by atoms with Crippen molar-refractivity contribution in [1.29, 1.82) is 0 Å². The molecule has 0 N–H and O–H groups in total. The van der Waals surface area contributed by atoms with Gasteiger partial charge >= 0.3 is 0 Å². The maximum Gasteiger partial charge on any atom is 0.141 e. The fraction of sp³-hybridized carbons (Fsp3) is 0.121. The van der Waals surface area contributed by atoms with Crippen LogP contribution in [0.4, 0.5) is 68.4 Å². The van der Waals surface area contributed by atoms with Gasteiger partial charge in [-0.05, 0) is 367 Å². The van der Waals surface area contributed by atoms with Crippen LogP contribution in [0.25, 0.3) is 89.0 Å². The Hall–Kier alpha value is -16.7. The number of hydrogen-bond acceptors (Lipinski definition) is 8. The van der Waals surface area contributed by atoms with Gasteiger partial charge in [0.05, 0.1) is 74.5 Å². The van der Waals surface area contributed by atoms with Crippen molar-refractivity contribution in [3.63, 3.8) is 0 Å². The van der Waals surface area contributed by atoms with Crippen LogP contribution in [0, 0.1) is 0 Å². The Morgan fingerprint density at radius 1 is 0.157 bits per heavy atom. The molecule has 8 aliphatic heterocycles. The number of fused-ring (bicyclic) bond motifs is 48. The average Bonchev–Trinajstić information content (AvgIpc) is 1.45. The predicted molar refractivity (Wildman–Crippen MR) is 564 cm³/mol. The number of aromatic nitrogens is 4. The summed E-state index contributed by atoms with van der Waals surface area (Å²) in [7, 11) is 0. The van der Waals surface area contributed by atoms with E-state index in [0.717, 1.165) is 109 Å². The molecule has 0 radical (unpaired) electrons. The number of nitrogens with zero attached hydrogens (tertiary/aromatic N) is 8. The van der Waals surface area contributed by atoms with Crippen molar-refractivity contribution >= 4 is 68.4 Å². The van der Waals surface area contributed by atoms with Gasteiger partial charge in [-0.2, -0.15) is 0 Å². The number of hydrogen-bond donors (Lipinski definition) is 0. The fourth-order valence-electron chi connectivity index (χ4n) is 28.9. The normalized spacial score (nSPS) is 14.9. The lowest BCUT2D eigenvalue weighted by atomic mass is 9.80. The molecule has 16 aliphatic rings. The maximum atomic E-state index is 4.95. The molecule has 8 nitrogen and oxygen atoms in total. The molecule has 0 fully saturated rings. The monoisotopic (exact) mass is 1780 g/mol. The highest BCUT2D eigenvalue weighted by molar-refractivity contribution is 6.05. The molecule has 0 saturated heterocycles. The van der Waals surface area contributed by atoms with Crippen LogP contribution in [0.1, 0.15) is 178 Å². The first-order valence-corrected chi connectivity index (χ1v) is 50.3. The van der Waals surface area contributed by atoms with Crippen molar-refractivity contribution in [2.24, 2.45) is 0 Å². The summed E-state index contributed by atoms with van der Waals surface area (Å²) >= 11 is 0. The lowest BCUT2D eigenvalue weighted by Gasteiger charge is -2.41. The Labute approximate surface area is 812 Å². The van der Waals surface area contributed by atoms with Crippen LogP contribution in [0.5, 0.6) is 0 Å². The third-order valence-corrected chi connectivity index (χ3v) is 34.3. The molecule has 36 rings (SSSR count). The lowest BCUT2D eigenvalue weighted by Crippen LogP contribution is -2.26. The number of anilines is 12. The molecule has 8 aliphatic carbocycles. The molecule has 20 aromatic rings. The molecule has 12 heterocycles. The van der Waals surface area contributed by atoms with Crippen molar-refractivity contribution in [2.45, 2.75) is 103 Å². The summed E-state index contributed by atoms with van der Waals surface area (Å²) in [5.74, 6) is 1.10. The largest absolute Gasteiger partial charge is 0.309 e. The second-order valence-electron chi connectivity index (χ2n) is 41.4. The summed E-state index contributed by atoms with van der Waals surface area (Å²) in [4.78, 5) is 29.0. The van der Waals surface area contributed by atoms with Gasteiger partial charge in [0.2, 0.25) is 0 Å². The van der Waals surface area contributed by atoms with Gasteiger partial charge < -0.3 is 14.7 Å². The molecule has 656 valence electrons. The van der Waals surface area contributed by atoms with Gasteiger partial charge in [-0.15, -0.1) is 0 Å². The van der Waals surface area contributed by atoms with Crippen LogP contribution in [-0.2, 0) is 103 Å². The molecule has 8 heteroatoms. The standard InChI is InChI=1S/4C33H22N2/c1-3-9-25-19(6-1)14-21-11-12-29-27(30(21)25)18-28-31-23(15-20-7-2-4-10-26(20)31)17-24-16-22-8-5-13-34-33(22)35(29)32(24)28;1-3-8-24-19(6-1)14-21-11-12-29-26(31(21)24)18-27-32-22(15-20-7-2-4-9-25(20)32)16-23-17-28-30(10-5-13-34-28)35(29)33(23)27;1-3-7-25-19(5-1)13-22-9-10-29-27(31(22)25)17-28-32-23(14-20-6-2-4-8-26(20)32)16-24-15-21-11-12-34-18-30(21)35(29)33(24)28;1-3-7-25-19(5-1)13-21-9-10-30-27(31(21)25)17-28-32-22(14-20-6-2-4-8-26(20)32)15-23-16-24-18-34-12-11-29(24)35(30)33(23)28/h1-13,17H,14-16,18H2;1-13,16H,14-15,17-18H2;1-12,16,18H,13-15,17H2;1-12,15,18H,13-14,16-17H2. The summed E-state index contributed by atoms with van der Waals surface area (Å²) < 4.78 is 0. The Balaban J connectivity index is 0.0000000829. The van der Waals surface area contributed by atoms with Crippen LogP contribution < -0.4 is 19.6 Å². The highest BCUT2D eigenvalue weighted by atomic mass is 15.2. The van der Waals surface area contributed by atoms with Crippen molar-refractivity contribution in [3.8, 4) is 89.0 Å². The fourth-order valence-corrected chi connectivity index (χ4v) is 28.9. The van der Waals surface area contributed by atoms with E-state index >= 15 is 0 Å². The maximum absolute atomic E-state index is 4.95. The van der Waals surface area contributed by atoms with Crippen LogP contribution in [0.2, 0.25) is 0 Å². The van der Waals surface area contributed by atoms with Crippen molar-refractivity contribution < 1.29 is 0 Å². The summed E-state index contributed by atoms with van der Waals surface area (Å²) in [5, 5.41) is 0. The van der Waals surface area contributed by atoms with Crippen molar-refractivity contribution in [2.75, 3.05) is 19.6 Å². The predicted octanol–water partition coefficient (Wildman–Crippen LogP) is 30.0. The van der Waals surface area contributed by atoms with E-state index in [1.807, 2.05) is 24.8 Å². The summed E-state index contributed by atoms with van der Waals surface area (Å²) in [6.45, 7) is 0. The van der Waals surface area contributed by atoms with Gasteiger partial charge in [-0.25, -0.2) is 4.98 Å². The molecule has 0 bridgehead atoms. The zero-order chi connectivity index (χ0) is 90.7. The Morgan fingerprint density at radius 2 is 0.443 bits per heavy atom. The van der Waals surface area contributed by atoms with Gasteiger partial charge in [0, 0.05) is 82.4 Å². The van der Waals surface area contributed by atoms with E-state index in [9.17, 15) is 0 Å². The molecule has 140 heavy (non-hydrogen) atoms. The molecule has 0 amide bonds. The Morgan fingerprint density at radius 3 is 0.843 bits per heavy atom. The van der Waals surface area contributed by atoms with E-state index in [2.05, 4.69) is 345 Å². The van der Waals surface area contributed by atoms with E-state index in [1.165, 1.54) is 330 Å². The van der Waals surface area contributed by atoms with E-state index < -0.39 is 0 Å². The van der Waals surface area contributed by atoms with Crippen molar-refractivity contribution in [1.82, 2.24) is 19.9 Å². The molecule has 16 aromatic carbocycles. The molecule has 0 spiro atoms. The topological polar surface area (TPSA) is 64.5 Å². The lowest BCUT2D eigenvalue weighted by molar-refractivity contribution is 0.968. The van der Waals surface area contributed by atoms with E-state index in [-0.39, 0.29) is 0 Å². The number of benzene rings is 16. The van der Waals surface area contributed by atoms with Crippen LogP contribution in [0.15, 0.2) is 340 Å². The minimum Gasteiger partial charge on any atom is -0.309 e. The third kappa shape index (κ3) is 10.6. The summed E-state index contributed by atoms with van der Waals surface area (Å²) in [6.07, 6.45) is 27.9. The highest BCUT2D eigenvalue weighted by Gasteiger charge is 2.46. The first kappa shape index (κ1) is 76.5. The van der Waals surface area contributed by atoms with Crippen molar-refractivity contribution in [3.05, 3.63) is 519 Å². The van der Waals surface area contributed by atoms with E-state index in [0.29, 0.717) is 0 Å². The summed E-state index contributed by atoms with van der Waals surface area (Å²) in [6, 6.07) is 114. The molecular formula is C132H88N8. The Kier molecular flexibility index (Phi) is 15.6. The summed E-state index contributed by atoms with van der Waals surface area (Å²) in [5.41, 5.74) is 84.0. The van der Waals surface area contributed by atoms with Crippen LogP contribution in [0.3, 0.4) is 0 Å². The number of rotatable bonds is 0. The molecule has 0 saturated carbocycles. The van der Waals surface area contributed by atoms with E-state index in [4.69, 9.17) is 9.97 Å². The minimum atomic E-state index is 0.905. The molecule has 0 atom stereocenters. The minimum absolute atomic E-state index is 0.905. The molecule has 0 unspecified atom stereocenters. The van der Waals surface area contributed by atoms with Crippen LogP contribution in [-0.4, -0.2) is 19.9 Å². The number of pyridine rings is 4. The molecular weight excluding hydrogens is 1700 g/mol. The van der Waals surface area contributed by atoms with Gasteiger partial charge in [-0.3, -0.25) is 19.9 Å². The third-order valence-electron chi connectivity index (χ3n) is 34.3. The van der Waals surface area contributed by atoms with Gasteiger partial charge in [-0.1, -0.05) is 249 Å². The smallest absolute Gasteiger partial charge is 0.141 e. The Bertz CT molecular complexity index is 8090. The second kappa shape index (κ2) is 28.5. The zero-order valence-electron chi connectivity index (χ0n) is 77.2. The second-order valence-corrected chi connectivity index (χ2v) is 41.4. The zero-order valence-corrected chi connectivity index (χ0v) is 77.2. The van der Waals surface area contributed by atoms with Gasteiger partial charge in [0.1, 0.15) is 5.82 Å². The van der Waals surface area contributed by atoms with Gasteiger partial charge in [0.15, 0.2) is 0 Å². The van der Waals surface area contributed by atoms with Crippen LogP contribution >= 0.6 is 0 Å². The SMILES string of the molecule is c1ccc2c(c1)Cc1ccc3c(c1-2)Cc1c2c(cc4c1N3c1cccnc1C4)Cc1ccccc1-2.c1ccc2c(c1)Cc1ccc3c(c1-2)Cc1c2c(cc4c1N3c1ccncc1C4)Cc1ccccc1-2.c1ccc2c(c1)Cc1ccc3c(c1-2)Cc1c2c(cc4c1N3c1cnccc1C4)Cc1ccccc1-2.c1ccc2c(c1)Cc1ccc3c(c1-2)Cc1c2c(cc4c1N3c1ncccc1C4)Cc1ccccc1-2. The van der Waals surface area contributed by atoms with Gasteiger partial charge in [0.25, 0.3) is 0 Å². The first-order chi connectivity index (χ1) is 69.4. The average molecular weight is 1790 g/mol. The quantitative estimate of drug-likeness (QED) is 0.149. The first-order valence-electron chi connectivity index (χ1n) is 50.3. The van der Waals surface area contributed by atoms with E-state index in [1.54, 1.807) is 0 Å².